The minimum absolute atomic E-state index is 0.0493. The van der Waals surface area contributed by atoms with Crippen molar-refractivity contribution in [3.63, 3.8) is 0 Å². The molecule has 1 aromatic heterocycles. The molecule has 1 aromatic carbocycles. The van der Waals surface area contributed by atoms with Crippen molar-refractivity contribution in [2.24, 2.45) is 0 Å². The van der Waals surface area contributed by atoms with Crippen LogP contribution >= 0.6 is 0 Å². The molecule has 90 valence electrons. The third-order valence-corrected chi connectivity index (χ3v) is 3.07. The first-order valence-electron chi connectivity index (χ1n) is 5.15. The van der Waals surface area contributed by atoms with Crippen LogP contribution in [0.1, 0.15) is 11.1 Å². The summed E-state index contributed by atoms with van der Waals surface area (Å²) in [4.78, 5) is 4.28. The third-order valence-electron chi connectivity index (χ3n) is 2.52. The molecule has 5 heteroatoms. The van der Waals surface area contributed by atoms with Crippen LogP contribution in [0.3, 0.4) is 0 Å². The number of aryl methyl sites for hydroxylation is 1. The second kappa shape index (κ2) is 4.43. The van der Waals surface area contributed by atoms with E-state index in [4.69, 9.17) is 4.18 Å². The maximum absolute atomic E-state index is 11.0. The van der Waals surface area contributed by atoms with Crippen molar-refractivity contribution in [3.8, 4) is 0 Å². The molecule has 0 aliphatic carbocycles. The van der Waals surface area contributed by atoms with Crippen molar-refractivity contribution >= 4 is 21.0 Å². The standard InChI is InChI=1S/C12H13NO3S/c1-9-7-13-12-6-4-3-5-10(12)11(9)8-16-17(2,14)15/h3-7H,8H2,1-2H3. The summed E-state index contributed by atoms with van der Waals surface area (Å²) in [5.74, 6) is 0. The van der Waals surface area contributed by atoms with Crippen LogP contribution in [0.2, 0.25) is 0 Å². The summed E-state index contributed by atoms with van der Waals surface area (Å²) < 4.78 is 26.9. The molecule has 0 fully saturated rings. The maximum atomic E-state index is 11.0. The number of para-hydroxylation sites is 1. The average molecular weight is 251 g/mol. The summed E-state index contributed by atoms with van der Waals surface area (Å²) in [5.41, 5.74) is 2.62. The number of nitrogens with zero attached hydrogens (tertiary/aromatic N) is 1. The fourth-order valence-corrected chi connectivity index (χ4v) is 1.99. The van der Waals surface area contributed by atoms with Gasteiger partial charge in [-0.1, -0.05) is 18.2 Å². The van der Waals surface area contributed by atoms with Crippen LogP contribution in [-0.4, -0.2) is 19.7 Å². The second-order valence-electron chi connectivity index (χ2n) is 3.90. The molecule has 0 saturated heterocycles. The molecule has 0 atom stereocenters. The van der Waals surface area contributed by atoms with E-state index in [2.05, 4.69) is 4.98 Å². The van der Waals surface area contributed by atoms with E-state index in [9.17, 15) is 8.42 Å². The SMILES string of the molecule is Cc1cnc2ccccc2c1COS(C)(=O)=O. The summed E-state index contributed by atoms with van der Waals surface area (Å²) in [6, 6.07) is 7.59. The predicted molar refractivity (Wildman–Crippen MR) is 66.1 cm³/mol. The van der Waals surface area contributed by atoms with Crippen molar-refractivity contribution in [1.29, 1.82) is 0 Å². The van der Waals surface area contributed by atoms with E-state index in [-0.39, 0.29) is 6.61 Å². The lowest BCUT2D eigenvalue weighted by atomic mass is 10.1. The van der Waals surface area contributed by atoms with Gasteiger partial charge in [0.15, 0.2) is 0 Å². The van der Waals surface area contributed by atoms with Gasteiger partial charge in [0.1, 0.15) is 0 Å². The number of benzene rings is 1. The molecule has 0 amide bonds. The highest BCUT2D eigenvalue weighted by Gasteiger charge is 2.09. The fraction of sp³-hybridized carbons (Fsp3) is 0.250. The predicted octanol–water partition coefficient (Wildman–Crippen LogP) is 2.02. The molecular weight excluding hydrogens is 238 g/mol. The molecule has 0 bridgehead atoms. The summed E-state index contributed by atoms with van der Waals surface area (Å²) in [6.07, 6.45) is 2.77. The van der Waals surface area contributed by atoms with Gasteiger partial charge in [-0.15, -0.1) is 0 Å². The molecular formula is C12H13NO3S. The Morgan fingerprint density at radius 2 is 2.00 bits per heavy atom. The van der Waals surface area contributed by atoms with Gasteiger partial charge in [-0.25, -0.2) is 0 Å². The van der Waals surface area contributed by atoms with Crippen LogP contribution in [0.5, 0.6) is 0 Å². The van der Waals surface area contributed by atoms with Crippen LogP contribution < -0.4 is 0 Å². The molecule has 0 aliphatic rings. The van der Waals surface area contributed by atoms with Gasteiger partial charge in [0.25, 0.3) is 10.1 Å². The molecule has 0 radical (unpaired) electrons. The van der Waals surface area contributed by atoms with Gasteiger partial charge in [0.05, 0.1) is 18.4 Å². The Hall–Kier alpha value is -1.46. The molecule has 0 unspecified atom stereocenters. The Bertz CT molecular complexity index is 650. The molecule has 0 saturated carbocycles. The number of hydrogen-bond acceptors (Lipinski definition) is 4. The Kier molecular flexibility index (Phi) is 3.13. The molecule has 17 heavy (non-hydrogen) atoms. The molecule has 2 aromatic rings. The second-order valence-corrected chi connectivity index (χ2v) is 5.55. The number of aromatic nitrogens is 1. The molecule has 4 nitrogen and oxygen atoms in total. The fourth-order valence-electron chi connectivity index (χ4n) is 1.66. The van der Waals surface area contributed by atoms with E-state index in [1.165, 1.54) is 0 Å². The Morgan fingerprint density at radius 1 is 1.29 bits per heavy atom. The van der Waals surface area contributed by atoms with Crippen LogP contribution in [0.15, 0.2) is 30.5 Å². The van der Waals surface area contributed by atoms with Gasteiger partial charge < -0.3 is 0 Å². The first-order chi connectivity index (χ1) is 7.97. The largest absolute Gasteiger partial charge is 0.265 e. The summed E-state index contributed by atoms with van der Waals surface area (Å²) >= 11 is 0. The van der Waals surface area contributed by atoms with Gasteiger partial charge in [-0.3, -0.25) is 9.17 Å². The lowest BCUT2D eigenvalue weighted by molar-refractivity contribution is 0.312. The van der Waals surface area contributed by atoms with Crippen LogP contribution in [0.25, 0.3) is 10.9 Å². The zero-order chi connectivity index (χ0) is 12.5. The van der Waals surface area contributed by atoms with Crippen LogP contribution in [0, 0.1) is 6.92 Å². The van der Waals surface area contributed by atoms with Crippen molar-refractivity contribution in [3.05, 3.63) is 41.6 Å². The molecule has 0 spiro atoms. The molecule has 1 heterocycles. The third kappa shape index (κ3) is 2.81. The van der Waals surface area contributed by atoms with E-state index in [1.54, 1.807) is 6.20 Å². The van der Waals surface area contributed by atoms with Crippen molar-refractivity contribution in [2.45, 2.75) is 13.5 Å². The Balaban J connectivity index is 2.48. The Morgan fingerprint density at radius 3 is 2.71 bits per heavy atom. The van der Waals surface area contributed by atoms with E-state index in [0.717, 1.165) is 28.3 Å². The van der Waals surface area contributed by atoms with E-state index in [0.29, 0.717) is 0 Å². The van der Waals surface area contributed by atoms with Gasteiger partial charge in [-0.2, -0.15) is 8.42 Å². The zero-order valence-corrected chi connectivity index (χ0v) is 10.5. The van der Waals surface area contributed by atoms with Crippen molar-refractivity contribution in [1.82, 2.24) is 4.98 Å². The Labute approximate surface area is 100 Å². The normalized spacial score (nSPS) is 11.9. The topological polar surface area (TPSA) is 56.3 Å². The first-order valence-corrected chi connectivity index (χ1v) is 6.96. The number of pyridine rings is 1. The van der Waals surface area contributed by atoms with Crippen molar-refractivity contribution in [2.75, 3.05) is 6.26 Å². The van der Waals surface area contributed by atoms with Gasteiger partial charge in [0, 0.05) is 11.6 Å². The van der Waals surface area contributed by atoms with Gasteiger partial charge >= 0.3 is 0 Å². The highest BCUT2D eigenvalue weighted by atomic mass is 32.2. The lowest BCUT2D eigenvalue weighted by Crippen LogP contribution is -2.04. The van der Waals surface area contributed by atoms with E-state index >= 15 is 0 Å². The summed E-state index contributed by atoms with van der Waals surface area (Å²) in [6.45, 7) is 1.94. The highest BCUT2D eigenvalue weighted by Crippen LogP contribution is 2.21. The lowest BCUT2D eigenvalue weighted by Gasteiger charge is -2.09. The number of rotatable bonds is 3. The van der Waals surface area contributed by atoms with Crippen LogP contribution in [0.4, 0.5) is 0 Å². The molecule has 0 aliphatic heterocycles. The minimum Gasteiger partial charge on any atom is -0.265 e. The maximum Gasteiger partial charge on any atom is 0.264 e. The number of fused-ring (bicyclic) bond motifs is 1. The molecule has 0 N–H and O–H groups in total. The highest BCUT2D eigenvalue weighted by molar-refractivity contribution is 7.85. The van der Waals surface area contributed by atoms with Gasteiger partial charge in [0.2, 0.25) is 0 Å². The van der Waals surface area contributed by atoms with E-state index in [1.807, 2.05) is 31.2 Å². The van der Waals surface area contributed by atoms with Gasteiger partial charge in [-0.05, 0) is 24.1 Å². The zero-order valence-electron chi connectivity index (χ0n) is 9.67. The quantitative estimate of drug-likeness (QED) is 0.783. The summed E-state index contributed by atoms with van der Waals surface area (Å²) in [5, 5.41) is 0.927. The van der Waals surface area contributed by atoms with Crippen molar-refractivity contribution < 1.29 is 12.6 Å². The summed E-state index contributed by atoms with van der Waals surface area (Å²) in [7, 11) is -3.43. The average Bonchev–Trinajstić information content (AvgIpc) is 2.26. The van der Waals surface area contributed by atoms with Crippen LogP contribution in [-0.2, 0) is 20.9 Å². The minimum atomic E-state index is -3.43. The monoisotopic (exact) mass is 251 g/mol. The molecule has 2 rings (SSSR count). The smallest absolute Gasteiger partial charge is 0.264 e. The number of hydrogen-bond donors (Lipinski definition) is 0. The van der Waals surface area contributed by atoms with E-state index < -0.39 is 10.1 Å². The first kappa shape index (κ1) is 12.0.